The summed E-state index contributed by atoms with van der Waals surface area (Å²) in [5, 5.41) is -0.684. The van der Waals surface area contributed by atoms with Crippen LogP contribution in [0.2, 0.25) is 4.34 Å². The minimum atomic E-state index is -3.61. The average Bonchev–Trinajstić information content (AvgIpc) is 3.01. The molecule has 4 nitrogen and oxygen atoms in total. The first-order valence-electron chi connectivity index (χ1n) is 7.42. The predicted octanol–water partition coefficient (Wildman–Crippen LogP) is 3.62. The maximum absolute atomic E-state index is 13.0. The highest BCUT2D eigenvalue weighted by molar-refractivity contribution is 7.92. The van der Waals surface area contributed by atoms with Gasteiger partial charge in [-0.15, -0.1) is 11.3 Å². The maximum atomic E-state index is 13.0. The van der Waals surface area contributed by atoms with Crippen molar-refractivity contribution in [2.75, 3.05) is 13.1 Å². The molecule has 1 saturated heterocycles. The lowest BCUT2D eigenvalue weighted by Crippen LogP contribution is -2.45. The largest absolute Gasteiger partial charge is 0.337 e. The molecule has 128 valence electrons. The Hall–Kier alpha value is -1.44. The minimum Gasteiger partial charge on any atom is -0.337 e. The van der Waals surface area contributed by atoms with E-state index >= 15 is 0 Å². The normalized spacial score (nSPS) is 18.6. The molecular formula is C16H15ClFNO3S2. The zero-order valence-electron chi connectivity index (χ0n) is 12.6. The summed E-state index contributed by atoms with van der Waals surface area (Å²) in [6.07, 6.45) is 1.09. The fourth-order valence-electron chi connectivity index (χ4n) is 2.78. The maximum Gasteiger partial charge on any atom is 0.264 e. The number of carbonyl (C=O) groups is 1. The number of rotatable bonds is 3. The van der Waals surface area contributed by atoms with E-state index in [0.29, 0.717) is 28.6 Å². The minimum absolute atomic E-state index is 0.0855. The summed E-state index contributed by atoms with van der Waals surface area (Å²) < 4.78 is 39.0. The summed E-state index contributed by atoms with van der Waals surface area (Å²) in [5.41, 5.74) is 0. The van der Waals surface area contributed by atoms with E-state index in [-0.39, 0.29) is 17.3 Å². The number of nitrogens with zero attached hydrogens (tertiary/aromatic N) is 1. The van der Waals surface area contributed by atoms with Gasteiger partial charge in [0.1, 0.15) is 5.82 Å². The van der Waals surface area contributed by atoms with E-state index in [0.717, 1.165) is 12.1 Å². The monoisotopic (exact) mass is 387 g/mol. The molecule has 1 aliphatic rings. The summed E-state index contributed by atoms with van der Waals surface area (Å²) in [5.74, 6) is -0.685. The highest BCUT2D eigenvalue weighted by atomic mass is 35.5. The van der Waals surface area contributed by atoms with Crippen LogP contribution in [0.5, 0.6) is 0 Å². The summed E-state index contributed by atoms with van der Waals surface area (Å²) in [7, 11) is -3.61. The molecule has 1 aliphatic heterocycles. The molecule has 0 bridgehead atoms. The molecule has 0 unspecified atom stereocenters. The number of halogens is 2. The Bertz CT molecular complexity index is 848. The Balaban J connectivity index is 1.80. The standard InChI is InChI=1S/C16H15ClFNO3S2/c17-15-8-7-14(23-15)16(20)19-9-1-2-13(10-19)24(21,22)12-5-3-11(18)4-6-12/h3-8,13H,1-2,9-10H2/t13-/m0/s1. The van der Waals surface area contributed by atoms with Gasteiger partial charge in [0.2, 0.25) is 0 Å². The van der Waals surface area contributed by atoms with Crippen molar-refractivity contribution in [1.82, 2.24) is 4.90 Å². The third-order valence-electron chi connectivity index (χ3n) is 4.03. The van der Waals surface area contributed by atoms with Crippen LogP contribution in [0.4, 0.5) is 4.39 Å². The first-order chi connectivity index (χ1) is 11.4. The summed E-state index contributed by atoms with van der Waals surface area (Å²) >= 11 is 7.04. The van der Waals surface area contributed by atoms with Crippen LogP contribution < -0.4 is 0 Å². The Morgan fingerprint density at radius 2 is 1.92 bits per heavy atom. The van der Waals surface area contributed by atoms with Gasteiger partial charge in [-0.3, -0.25) is 4.79 Å². The van der Waals surface area contributed by atoms with Crippen molar-refractivity contribution in [2.24, 2.45) is 0 Å². The van der Waals surface area contributed by atoms with Crippen LogP contribution in [0.3, 0.4) is 0 Å². The number of hydrogen-bond acceptors (Lipinski definition) is 4. The van der Waals surface area contributed by atoms with Gasteiger partial charge in [-0.2, -0.15) is 0 Å². The van der Waals surface area contributed by atoms with Gasteiger partial charge >= 0.3 is 0 Å². The fraction of sp³-hybridized carbons (Fsp3) is 0.312. The van der Waals surface area contributed by atoms with E-state index in [4.69, 9.17) is 11.6 Å². The first kappa shape index (κ1) is 17.4. The smallest absolute Gasteiger partial charge is 0.264 e. The Labute approximate surface area is 148 Å². The van der Waals surface area contributed by atoms with Crippen molar-refractivity contribution >= 4 is 38.7 Å². The zero-order chi connectivity index (χ0) is 17.3. The van der Waals surface area contributed by atoms with Crippen molar-refractivity contribution in [2.45, 2.75) is 23.0 Å². The van der Waals surface area contributed by atoms with Gasteiger partial charge in [0.05, 0.1) is 19.4 Å². The fourth-order valence-corrected chi connectivity index (χ4v) is 5.54. The van der Waals surface area contributed by atoms with E-state index < -0.39 is 20.9 Å². The highest BCUT2D eigenvalue weighted by Gasteiger charge is 2.34. The molecule has 1 fully saturated rings. The molecule has 0 aliphatic carbocycles. The molecule has 8 heteroatoms. The predicted molar refractivity (Wildman–Crippen MR) is 91.8 cm³/mol. The third-order valence-corrected chi connectivity index (χ3v) is 7.44. The average molecular weight is 388 g/mol. The number of amides is 1. The molecule has 0 spiro atoms. The van der Waals surface area contributed by atoms with Gasteiger partial charge in [-0.1, -0.05) is 11.6 Å². The highest BCUT2D eigenvalue weighted by Crippen LogP contribution is 2.27. The second-order valence-electron chi connectivity index (χ2n) is 5.62. The van der Waals surface area contributed by atoms with Gasteiger partial charge in [0.25, 0.3) is 5.91 Å². The lowest BCUT2D eigenvalue weighted by atomic mass is 10.1. The van der Waals surface area contributed by atoms with E-state index in [1.807, 2.05) is 0 Å². The second kappa shape index (κ2) is 6.82. The Kier molecular flexibility index (Phi) is 4.94. The lowest BCUT2D eigenvalue weighted by molar-refractivity contribution is 0.0732. The van der Waals surface area contributed by atoms with E-state index in [1.165, 1.54) is 23.5 Å². The van der Waals surface area contributed by atoms with Crippen molar-refractivity contribution in [3.8, 4) is 0 Å². The number of benzene rings is 1. The number of thiophene rings is 1. The Morgan fingerprint density at radius 1 is 1.21 bits per heavy atom. The van der Waals surface area contributed by atoms with Crippen molar-refractivity contribution in [3.63, 3.8) is 0 Å². The molecule has 1 amide bonds. The van der Waals surface area contributed by atoms with Gasteiger partial charge in [-0.25, -0.2) is 12.8 Å². The van der Waals surface area contributed by atoms with Gasteiger partial charge < -0.3 is 4.90 Å². The molecule has 24 heavy (non-hydrogen) atoms. The van der Waals surface area contributed by atoms with E-state index in [1.54, 1.807) is 17.0 Å². The molecule has 0 radical (unpaired) electrons. The number of sulfone groups is 1. The topological polar surface area (TPSA) is 54.5 Å². The van der Waals surface area contributed by atoms with Gasteiger partial charge in [-0.05, 0) is 49.2 Å². The van der Waals surface area contributed by atoms with Crippen molar-refractivity contribution in [3.05, 3.63) is 51.4 Å². The van der Waals surface area contributed by atoms with Crippen LogP contribution in [0, 0.1) is 5.82 Å². The molecule has 3 rings (SSSR count). The molecule has 2 aromatic rings. The van der Waals surface area contributed by atoms with Crippen LogP contribution in [0.25, 0.3) is 0 Å². The third kappa shape index (κ3) is 3.48. The van der Waals surface area contributed by atoms with Gasteiger partial charge in [0, 0.05) is 13.1 Å². The molecule has 1 aromatic carbocycles. The van der Waals surface area contributed by atoms with Crippen LogP contribution in [0.15, 0.2) is 41.3 Å². The van der Waals surface area contributed by atoms with Crippen LogP contribution in [-0.4, -0.2) is 37.6 Å². The van der Waals surface area contributed by atoms with Crippen molar-refractivity contribution in [1.29, 1.82) is 0 Å². The summed E-state index contributed by atoms with van der Waals surface area (Å²) in [6.45, 7) is 0.651. The molecule has 1 aromatic heterocycles. The second-order valence-corrected chi connectivity index (χ2v) is 9.56. The quantitative estimate of drug-likeness (QED) is 0.756. The number of likely N-dealkylation sites (tertiary alicyclic amines) is 1. The Morgan fingerprint density at radius 3 is 2.54 bits per heavy atom. The van der Waals surface area contributed by atoms with Gasteiger partial charge in [0.15, 0.2) is 9.84 Å². The molecule has 1 atom stereocenters. The molecule has 2 heterocycles. The first-order valence-corrected chi connectivity index (χ1v) is 10.2. The SMILES string of the molecule is O=C(c1ccc(Cl)s1)N1CCC[C@H](S(=O)(=O)c2ccc(F)cc2)C1. The molecular weight excluding hydrogens is 373 g/mol. The lowest BCUT2D eigenvalue weighted by Gasteiger charge is -2.32. The summed E-state index contributed by atoms with van der Waals surface area (Å²) in [4.78, 5) is 14.6. The molecule has 0 saturated carbocycles. The van der Waals surface area contributed by atoms with E-state index in [9.17, 15) is 17.6 Å². The van der Waals surface area contributed by atoms with Crippen molar-refractivity contribution < 1.29 is 17.6 Å². The van der Waals surface area contributed by atoms with Crippen LogP contribution in [0.1, 0.15) is 22.5 Å². The van der Waals surface area contributed by atoms with Crippen LogP contribution in [-0.2, 0) is 9.84 Å². The summed E-state index contributed by atoms with van der Waals surface area (Å²) in [6, 6.07) is 8.09. The molecule has 0 N–H and O–H groups in total. The number of piperidine rings is 1. The van der Waals surface area contributed by atoms with E-state index in [2.05, 4.69) is 0 Å². The number of hydrogen-bond donors (Lipinski definition) is 0. The number of carbonyl (C=O) groups excluding carboxylic acids is 1. The zero-order valence-corrected chi connectivity index (χ0v) is 15.0. The van der Waals surface area contributed by atoms with Crippen LogP contribution >= 0.6 is 22.9 Å².